The van der Waals surface area contributed by atoms with Crippen molar-refractivity contribution in [2.45, 2.75) is 56.7 Å². The summed E-state index contributed by atoms with van der Waals surface area (Å²) in [6, 6.07) is 1.00. The van der Waals surface area contributed by atoms with E-state index in [0.717, 1.165) is 44.6 Å². The van der Waals surface area contributed by atoms with E-state index < -0.39 is 8.56 Å². The third-order valence-electron chi connectivity index (χ3n) is 4.72. The Kier molecular flexibility index (Phi) is 6.97. The molecule has 1 saturated heterocycles. The Labute approximate surface area is 118 Å². The van der Waals surface area contributed by atoms with Gasteiger partial charge in [0.15, 0.2) is 0 Å². The third kappa shape index (κ3) is 3.05. The summed E-state index contributed by atoms with van der Waals surface area (Å²) >= 11 is 0. The zero-order chi connectivity index (χ0) is 14.4. The highest BCUT2D eigenvalue weighted by molar-refractivity contribution is 6.70. The van der Waals surface area contributed by atoms with E-state index in [1.54, 1.807) is 21.3 Å². The Hall–Kier alpha value is 0.0569. The van der Waals surface area contributed by atoms with Crippen LogP contribution >= 0.6 is 0 Å². The largest absolute Gasteiger partial charge is 0.396 e. The summed E-state index contributed by atoms with van der Waals surface area (Å²) in [6.45, 7) is 2.43. The average molecular weight is 290 g/mol. The molecule has 1 aliphatic rings. The number of hydrogen-bond donors (Lipinski definition) is 1. The normalized spacial score (nSPS) is 30.5. The van der Waals surface area contributed by atoms with E-state index in [0.29, 0.717) is 5.92 Å². The van der Waals surface area contributed by atoms with Crippen LogP contribution in [-0.4, -0.2) is 46.8 Å². The predicted molar refractivity (Wildman–Crippen MR) is 78.3 cm³/mol. The van der Waals surface area contributed by atoms with Crippen LogP contribution in [0.25, 0.3) is 0 Å². The van der Waals surface area contributed by atoms with E-state index in [4.69, 9.17) is 18.7 Å². The zero-order valence-electron chi connectivity index (χ0n) is 12.9. The quantitative estimate of drug-likeness (QED) is 0.698. The van der Waals surface area contributed by atoms with Crippen molar-refractivity contribution in [1.29, 1.82) is 0 Å². The van der Waals surface area contributed by atoms with Gasteiger partial charge in [-0.15, -0.1) is 0 Å². The molecule has 0 radical (unpaired) electrons. The number of methoxy groups -OCH3 is 1. The molecule has 0 aliphatic carbocycles. The van der Waals surface area contributed by atoms with Crippen LogP contribution in [0.2, 0.25) is 6.04 Å². The lowest BCUT2D eigenvalue weighted by atomic mass is 9.88. The van der Waals surface area contributed by atoms with Gasteiger partial charge in [-0.1, -0.05) is 19.8 Å². The molecule has 5 heteroatoms. The Morgan fingerprint density at radius 2 is 1.95 bits per heavy atom. The molecule has 1 rings (SSSR count). The highest BCUT2D eigenvalue weighted by Gasteiger charge is 2.62. The lowest BCUT2D eigenvalue weighted by Crippen LogP contribution is -2.68. The second-order valence-corrected chi connectivity index (χ2v) is 9.13. The molecule has 1 heterocycles. The molecule has 1 N–H and O–H groups in total. The van der Waals surface area contributed by atoms with Crippen LogP contribution in [0.5, 0.6) is 0 Å². The molecular weight excluding hydrogens is 260 g/mol. The highest BCUT2D eigenvalue weighted by Crippen LogP contribution is 2.48. The fourth-order valence-corrected chi connectivity index (χ4v) is 8.09. The van der Waals surface area contributed by atoms with Gasteiger partial charge in [0.2, 0.25) is 0 Å². The van der Waals surface area contributed by atoms with Gasteiger partial charge in [-0.3, -0.25) is 0 Å². The van der Waals surface area contributed by atoms with Gasteiger partial charge in [0, 0.05) is 27.9 Å². The summed E-state index contributed by atoms with van der Waals surface area (Å²) in [6.07, 6.45) is 6.15. The first-order valence-electron chi connectivity index (χ1n) is 7.42. The van der Waals surface area contributed by atoms with Crippen molar-refractivity contribution >= 4 is 8.56 Å². The molecule has 0 aromatic carbocycles. The first-order valence-corrected chi connectivity index (χ1v) is 9.45. The van der Waals surface area contributed by atoms with Crippen molar-refractivity contribution < 1.29 is 18.7 Å². The molecule has 0 saturated carbocycles. The maximum absolute atomic E-state index is 9.12. The second-order valence-electron chi connectivity index (χ2n) is 5.46. The van der Waals surface area contributed by atoms with Crippen LogP contribution in [0.4, 0.5) is 0 Å². The van der Waals surface area contributed by atoms with Crippen molar-refractivity contribution in [3.63, 3.8) is 0 Å². The van der Waals surface area contributed by atoms with E-state index in [-0.39, 0.29) is 11.8 Å². The zero-order valence-corrected chi connectivity index (χ0v) is 13.9. The van der Waals surface area contributed by atoms with Crippen molar-refractivity contribution in [1.82, 2.24) is 0 Å². The molecular formula is C14H30O4Si. The van der Waals surface area contributed by atoms with Gasteiger partial charge >= 0.3 is 8.56 Å². The molecule has 0 spiro atoms. The third-order valence-corrected chi connectivity index (χ3v) is 9.20. The molecule has 0 amide bonds. The van der Waals surface area contributed by atoms with Gasteiger partial charge in [0.25, 0.3) is 0 Å². The summed E-state index contributed by atoms with van der Waals surface area (Å²) in [5.41, 5.74) is 0. The van der Waals surface area contributed by atoms with Crippen LogP contribution in [0, 0.1) is 5.92 Å². The van der Waals surface area contributed by atoms with Crippen LogP contribution < -0.4 is 0 Å². The van der Waals surface area contributed by atoms with Gasteiger partial charge < -0.3 is 18.7 Å². The van der Waals surface area contributed by atoms with Gasteiger partial charge in [0.1, 0.15) is 5.22 Å². The second kappa shape index (κ2) is 7.74. The van der Waals surface area contributed by atoms with Crippen LogP contribution in [-0.2, 0) is 13.6 Å². The summed E-state index contributed by atoms with van der Waals surface area (Å²) in [7, 11) is 2.99. The summed E-state index contributed by atoms with van der Waals surface area (Å²) < 4.78 is 17.9. The highest BCUT2D eigenvalue weighted by atomic mass is 28.4. The summed E-state index contributed by atoms with van der Waals surface area (Å²) in [5, 5.41) is 8.86. The number of aliphatic hydroxyl groups is 1. The Balaban J connectivity index is 3.08. The maximum atomic E-state index is 9.12. The van der Waals surface area contributed by atoms with Gasteiger partial charge in [-0.2, -0.15) is 0 Å². The number of aliphatic hydroxyl groups excluding tert-OH is 1. The average Bonchev–Trinajstić information content (AvgIpc) is 2.46. The van der Waals surface area contributed by atoms with Crippen molar-refractivity contribution in [3.05, 3.63) is 0 Å². The molecule has 0 bridgehead atoms. The smallest absolute Gasteiger partial charge is 0.371 e. The SMILES string of the molecule is CCCC1(OC)C(CCCO)CCC[Si]1(OC)OC. The minimum atomic E-state index is -2.35. The van der Waals surface area contributed by atoms with E-state index in [9.17, 15) is 0 Å². The minimum absolute atomic E-state index is 0.247. The molecule has 114 valence electrons. The molecule has 1 aliphatic heterocycles. The van der Waals surface area contributed by atoms with Crippen LogP contribution in [0.15, 0.2) is 0 Å². The van der Waals surface area contributed by atoms with Gasteiger partial charge in [0.05, 0.1) is 0 Å². The number of hydrogen-bond acceptors (Lipinski definition) is 4. The molecule has 19 heavy (non-hydrogen) atoms. The van der Waals surface area contributed by atoms with Gasteiger partial charge in [-0.25, -0.2) is 0 Å². The summed E-state index contributed by atoms with van der Waals surface area (Å²) in [5.74, 6) is 0.435. The first-order chi connectivity index (χ1) is 9.16. The van der Waals surface area contributed by atoms with E-state index in [1.165, 1.54) is 0 Å². The standard InChI is InChI=1S/C14H30O4Si/c1-5-10-14(16-2)13(8-6-11-15)9-7-12-19(14,17-3)18-4/h13,15H,5-12H2,1-4H3. The van der Waals surface area contributed by atoms with E-state index in [1.807, 2.05) is 0 Å². The molecule has 2 unspecified atom stereocenters. The molecule has 2 atom stereocenters. The Morgan fingerprint density at radius 3 is 2.42 bits per heavy atom. The monoisotopic (exact) mass is 290 g/mol. The molecule has 4 nitrogen and oxygen atoms in total. The topological polar surface area (TPSA) is 47.9 Å². The van der Waals surface area contributed by atoms with Crippen molar-refractivity contribution in [2.75, 3.05) is 27.9 Å². The van der Waals surface area contributed by atoms with Crippen LogP contribution in [0.1, 0.15) is 45.4 Å². The van der Waals surface area contributed by atoms with Crippen LogP contribution in [0.3, 0.4) is 0 Å². The number of rotatable bonds is 8. The number of ether oxygens (including phenoxy) is 1. The lowest BCUT2D eigenvalue weighted by Gasteiger charge is -2.52. The Morgan fingerprint density at radius 1 is 1.26 bits per heavy atom. The van der Waals surface area contributed by atoms with Crippen molar-refractivity contribution in [3.8, 4) is 0 Å². The van der Waals surface area contributed by atoms with E-state index in [2.05, 4.69) is 6.92 Å². The Bertz CT molecular complexity index is 258. The lowest BCUT2D eigenvalue weighted by molar-refractivity contribution is -0.0573. The van der Waals surface area contributed by atoms with E-state index >= 15 is 0 Å². The fourth-order valence-electron chi connectivity index (χ4n) is 3.88. The predicted octanol–water partition coefficient (Wildman–Crippen LogP) is 2.63. The molecule has 1 fully saturated rings. The minimum Gasteiger partial charge on any atom is -0.396 e. The fraction of sp³-hybridized carbons (Fsp3) is 1.00. The maximum Gasteiger partial charge on any atom is 0.371 e. The first kappa shape index (κ1) is 17.1. The van der Waals surface area contributed by atoms with Gasteiger partial charge in [-0.05, 0) is 37.6 Å². The summed E-state index contributed by atoms with van der Waals surface area (Å²) in [4.78, 5) is 0. The molecule has 0 aromatic heterocycles. The van der Waals surface area contributed by atoms with Crippen molar-refractivity contribution in [2.24, 2.45) is 5.92 Å². The molecule has 0 aromatic rings.